The highest BCUT2D eigenvalue weighted by Crippen LogP contribution is 2.33. The zero-order chi connectivity index (χ0) is 24.3. The Hall–Kier alpha value is -3.93. The molecule has 1 saturated heterocycles. The molecule has 6 heteroatoms. The first kappa shape index (κ1) is 23.2. The van der Waals surface area contributed by atoms with Crippen LogP contribution in [-0.4, -0.2) is 29.3 Å². The van der Waals surface area contributed by atoms with Gasteiger partial charge in [0.25, 0.3) is 5.91 Å². The number of urea groups is 1. The monoisotopic (exact) mass is 455 g/mol. The Morgan fingerprint density at radius 1 is 0.941 bits per heavy atom. The van der Waals surface area contributed by atoms with E-state index in [2.05, 4.69) is 10.6 Å². The molecule has 4 amide bonds. The van der Waals surface area contributed by atoms with Gasteiger partial charge in [0, 0.05) is 6.42 Å². The lowest BCUT2D eigenvalue weighted by Gasteiger charge is -2.27. The molecule has 4 rings (SSSR count). The topological polar surface area (TPSA) is 78.5 Å². The van der Waals surface area contributed by atoms with E-state index in [9.17, 15) is 14.4 Å². The maximum atomic E-state index is 13.7. The van der Waals surface area contributed by atoms with Crippen LogP contribution in [0.1, 0.15) is 40.8 Å². The standard InChI is InChI=1S/C28H29N3O3/c1-19-14-15-23(16-20(19)2)21(3)29-25(32)18-31-26(33)28(30-27(31)34,24-12-8-5-9-13-24)17-22-10-6-4-7-11-22/h4-16,21H,17-18H2,1-3H3,(H,29,32)(H,30,34). The largest absolute Gasteiger partial charge is 0.348 e. The van der Waals surface area contributed by atoms with Crippen molar-refractivity contribution in [3.8, 4) is 0 Å². The van der Waals surface area contributed by atoms with Crippen molar-refractivity contribution in [1.29, 1.82) is 0 Å². The molecule has 2 unspecified atom stereocenters. The third-order valence-corrected chi connectivity index (χ3v) is 6.46. The van der Waals surface area contributed by atoms with E-state index in [1.807, 2.05) is 99.6 Å². The lowest BCUT2D eigenvalue weighted by molar-refractivity contribution is -0.135. The van der Waals surface area contributed by atoms with Crippen molar-refractivity contribution < 1.29 is 14.4 Å². The first-order valence-electron chi connectivity index (χ1n) is 11.4. The zero-order valence-electron chi connectivity index (χ0n) is 19.7. The molecule has 1 aliphatic rings. The van der Waals surface area contributed by atoms with E-state index < -0.39 is 23.4 Å². The van der Waals surface area contributed by atoms with Crippen molar-refractivity contribution in [2.45, 2.75) is 38.8 Å². The van der Waals surface area contributed by atoms with Gasteiger partial charge in [-0.15, -0.1) is 0 Å². The van der Waals surface area contributed by atoms with Gasteiger partial charge in [0.05, 0.1) is 6.04 Å². The molecule has 0 aliphatic carbocycles. The minimum Gasteiger partial charge on any atom is -0.348 e. The summed E-state index contributed by atoms with van der Waals surface area (Å²) in [5.41, 5.74) is 3.62. The van der Waals surface area contributed by atoms with Crippen LogP contribution in [0.25, 0.3) is 0 Å². The van der Waals surface area contributed by atoms with Crippen LogP contribution in [0, 0.1) is 13.8 Å². The van der Waals surface area contributed by atoms with Crippen molar-refractivity contribution in [2.75, 3.05) is 6.54 Å². The summed E-state index contributed by atoms with van der Waals surface area (Å²) < 4.78 is 0. The van der Waals surface area contributed by atoms with Crippen LogP contribution >= 0.6 is 0 Å². The number of nitrogens with zero attached hydrogens (tertiary/aromatic N) is 1. The van der Waals surface area contributed by atoms with Crippen molar-refractivity contribution in [3.63, 3.8) is 0 Å². The Labute approximate surface area is 200 Å². The summed E-state index contributed by atoms with van der Waals surface area (Å²) in [6, 6.07) is 23.9. The predicted octanol–water partition coefficient (Wildman–Crippen LogP) is 4.17. The van der Waals surface area contributed by atoms with E-state index in [1.54, 1.807) is 0 Å². The van der Waals surface area contributed by atoms with Crippen LogP contribution in [-0.2, 0) is 21.5 Å². The summed E-state index contributed by atoms with van der Waals surface area (Å²) in [5, 5.41) is 5.81. The highest BCUT2D eigenvalue weighted by Gasteiger charge is 2.52. The second-order valence-electron chi connectivity index (χ2n) is 8.89. The quantitative estimate of drug-likeness (QED) is 0.525. The van der Waals surface area contributed by atoms with Gasteiger partial charge in [-0.05, 0) is 48.6 Å². The molecule has 3 aromatic carbocycles. The zero-order valence-corrected chi connectivity index (χ0v) is 19.7. The lowest BCUT2D eigenvalue weighted by atomic mass is 9.83. The van der Waals surface area contributed by atoms with Crippen LogP contribution in [0.4, 0.5) is 4.79 Å². The molecule has 2 atom stereocenters. The van der Waals surface area contributed by atoms with Crippen molar-refractivity contribution in [1.82, 2.24) is 15.5 Å². The molecule has 34 heavy (non-hydrogen) atoms. The molecule has 2 N–H and O–H groups in total. The van der Waals surface area contributed by atoms with E-state index in [-0.39, 0.29) is 12.6 Å². The van der Waals surface area contributed by atoms with E-state index in [0.717, 1.165) is 21.6 Å². The summed E-state index contributed by atoms with van der Waals surface area (Å²) in [7, 11) is 0. The summed E-state index contributed by atoms with van der Waals surface area (Å²) in [6.07, 6.45) is 0.291. The van der Waals surface area contributed by atoms with E-state index in [4.69, 9.17) is 0 Å². The minimum atomic E-state index is -1.26. The maximum absolute atomic E-state index is 13.7. The van der Waals surface area contributed by atoms with E-state index >= 15 is 0 Å². The van der Waals surface area contributed by atoms with Gasteiger partial charge in [-0.1, -0.05) is 78.9 Å². The molecule has 0 saturated carbocycles. The summed E-state index contributed by atoms with van der Waals surface area (Å²) >= 11 is 0. The molecule has 0 bridgehead atoms. The van der Waals surface area contributed by atoms with Gasteiger partial charge >= 0.3 is 6.03 Å². The maximum Gasteiger partial charge on any atom is 0.325 e. The number of rotatable bonds is 7. The SMILES string of the molecule is Cc1ccc(C(C)NC(=O)CN2C(=O)NC(Cc3ccccc3)(c3ccccc3)C2=O)cc1C. The van der Waals surface area contributed by atoms with Gasteiger partial charge in [-0.2, -0.15) is 0 Å². The highest BCUT2D eigenvalue weighted by atomic mass is 16.2. The normalized spacial score (nSPS) is 18.5. The Bertz CT molecular complexity index is 1210. The number of imide groups is 1. The van der Waals surface area contributed by atoms with Crippen LogP contribution in [0.15, 0.2) is 78.9 Å². The first-order chi connectivity index (χ1) is 16.3. The number of benzene rings is 3. The second kappa shape index (κ2) is 9.51. The fraction of sp³-hybridized carbons (Fsp3) is 0.250. The second-order valence-corrected chi connectivity index (χ2v) is 8.89. The minimum absolute atomic E-state index is 0.254. The predicted molar refractivity (Wildman–Crippen MR) is 131 cm³/mol. The smallest absolute Gasteiger partial charge is 0.325 e. The fourth-order valence-electron chi connectivity index (χ4n) is 4.36. The Morgan fingerprint density at radius 2 is 1.59 bits per heavy atom. The molecular weight excluding hydrogens is 426 g/mol. The average Bonchev–Trinajstić information content (AvgIpc) is 3.07. The summed E-state index contributed by atoms with van der Waals surface area (Å²) in [5.74, 6) is -0.820. The molecular formula is C28H29N3O3. The van der Waals surface area contributed by atoms with Crippen molar-refractivity contribution in [2.24, 2.45) is 0 Å². The summed E-state index contributed by atoms with van der Waals surface area (Å²) in [6.45, 7) is 5.60. The fourth-order valence-corrected chi connectivity index (χ4v) is 4.36. The first-order valence-corrected chi connectivity index (χ1v) is 11.4. The van der Waals surface area contributed by atoms with Gasteiger partial charge in [0.15, 0.2) is 5.54 Å². The van der Waals surface area contributed by atoms with Gasteiger partial charge in [0.2, 0.25) is 5.91 Å². The van der Waals surface area contributed by atoms with E-state index in [0.29, 0.717) is 12.0 Å². The van der Waals surface area contributed by atoms with Gasteiger partial charge in [-0.25, -0.2) is 4.79 Å². The average molecular weight is 456 g/mol. The molecule has 0 aromatic heterocycles. The number of nitrogens with one attached hydrogen (secondary N) is 2. The number of aryl methyl sites for hydroxylation is 2. The van der Waals surface area contributed by atoms with Gasteiger partial charge < -0.3 is 10.6 Å². The Kier molecular flexibility index (Phi) is 6.50. The molecule has 0 radical (unpaired) electrons. The third-order valence-electron chi connectivity index (χ3n) is 6.46. The molecule has 1 heterocycles. The van der Waals surface area contributed by atoms with Crippen molar-refractivity contribution in [3.05, 3.63) is 107 Å². The van der Waals surface area contributed by atoms with Crippen LogP contribution in [0.2, 0.25) is 0 Å². The van der Waals surface area contributed by atoms with Crippen molar-refractivity contribution >= 4 is 17.8 Å². The molecule has 6 nitrogen and oxygen atoms in total. The number of hydrogen-bond acceptors (Lipinski definition) is 3. The Morgan fingerprint density at radius 3 is 2.24 bits per heavy atom. The highest BCUT2D eigenvalue weighted by molar-refractivity contribution is 6.09. The summed E-state index contributed by atoms with van der Waals surface area (Å²) in [4.78, 5) is 40.5. The lowest BCUT2D eigenvalue weighted by Crippen LogP contribution is -2.47. The molecule has 1 fully saturated rings. The van der Waals surface area contributed by atoms with Crippen LogP contribution in [0.5, 0.6) is 0 Å². The number of hydrogen-bond donors (Lipinski definition) is 2. The Balaban J connectivity index is 1.55. The third kappa shape index (κ3) is 4.57. The van der Waals surface area contributed by atoms with E-state index in [1.165, 1.54) is 5.56 Å². The van der Waals surface area contributed by atoms with Crippen LogP contribution < -0.4 is 10.6 Å². The molecule has 174 valence electrons. The number of carbonyl (C=O) groups excluding carboxylic acids is 3. The number of carbonyl (C=O) groups is 3. The van der Waals surface area contributed by atoms with Crippen LogP contribution in [0.3, 0.4) is 0 Å². The molecule has 3 aromatic rings. The number of amides is 4. The molecule has 0 spiro atoms. The van der Waals surface area contributed by atoms with Gasteiger partial charge in [-0.3, -0.25) is 14.5 Å². The molecule has 1 aliphatic heterocycles. The van der Waals surface area contributed by atoms with Gasteiger partial charge in [0.1, 0.15) is 6.54 Å².